The van der Waals surface area contributed by atoms with Gasteiger partial charge in [0, 0.05) is 11.6 Å². The van der Waals surface area contributed by atoms with E-state index in [2.05, 4.69) is 10.2 Å². The Bertz CT molecular complexity index is 816. The normalized spacial score (nSPS) is 10.5. The van der Waals surface area contributed by atoms with Crippen LogP contribution in [0.3, 0.4) is 0 Å². The van der Waals surface area contributed by atoms with E-state index in [0.29, 0.717) is 22.8 Å². The van der Waals surface area contributed by atoms with Crippen LogP contribution in [0.25, 0.3) is 12.2 Å². The summed E-state index contributed by atoms with van der Waals surface area (Å²) in [4.78, 5) is 11.5. The highest BCUT2D eigenvalue weighted by molar-refractivity contribution is 5.73. The molecule has 0 bridgehead atoms. The maximum Gasteiger partial charge on any atom is 0.282 e. The van der Waals surface area contributed by atoms with Gasteiger partial charge in [0.05, 0.1) is 19.9 Å². The van der Waals surface area contributed by atoms with Crippen molar-refractivity contribution in [2.75, 3.05) is 14.2 Å². The number of ether oxygens (including phenoxy) is 2. The lowest BCUT2D eigenvalue weighted by atomic mass is 10.1. The number of aromatic nitrogens is 2. The molecule has 0 aliphatic rings. The highest BCUT2D eigenvalue weighted by atomic mass is 16.5. The molecule has 0 spiro atoms. The maximum absolute atomic E-state index is 11.5. The minimum Gasteiger partial charge on any atom is -0.497 e. The van der Waals surface area contributed by atoms with E-state index >= 15 is 0 Å². The lowest BCUT2D eigenvalue weighted by Crippen LogP contribution is -2.15. The Kier molecular flexibility index (Phi) is 4.59. The number of H-pyrrole nitrogens is 1. The molecule has 0 radical (unpaired) electrons. The second-order valence-corrected chi connectivity index (χ2v) is 4.49. The van der Waals surface area contributed by atoms with E-state index in [1.54, 1.807) is 39.4 Å². The van der Waals surface area contributed by atoms with Crippen LogP contribution in [0.15, 0.2) is 23.0 Å². The van der Waals surface area contributed by atoms with E-state index in [1.807, 2.05) is 18.2 Å². The van der Waals surface area contributed by atoms with E-state index in [9.17, 15) is 4.79 Å². The first kappa shape index (κ1) is 15.3. The third-order valence-electron chi connectivity index (χ3n) is 3.24. The second kappa shape index (κ2) is 6.59. The topological polar surface area (TPSA) is 88.0 Å². The van der Waals surface area contributed by atoms with Crippen LogP contribution in [-0.4, -0.2) is 24.4 Å². The number of nitrogens with one attached hydrogen (secondary N) is 1. The SMILES string of the molecule is COc1ccc(/C=C/c2n[nH]c(=O)c(C#N)c2C)c(OC)c1. The molecule has 0 aliphatic heterocycles. The van der Waals surface area contributed by atoms with Crippen molar-refractivity contribution in [3.63, 3.8) is 0 Å². The summed E-state index contributed by atoms with van der Waals surface area (Å²) in [6, 6.07) is 7.32. The first-order valence-electron chi connectivity index (χ1n) is 6.50. The molecule has 2 rings (SSSR count). The summed E-state index contributed by atoms with van der Waals surface area (Å²) in [5.41, 5.74) is 1.47. The van der Waals surface area contributed by atoms with Crippen molar-refractivity contribution in [1.29, 1.82) is 5.26 Å². The Balaban J connectivity index is 2.42. The number of nitriles is 1. The molecule has 0 atom stereocenters. The van der Waals surface area contributed by atoms with E-state index in [0.717, 1.165) is 5.56 Å². The molecule has 0 amide bonds. The van der Waals surface area contributed by atoms with Gasteiger partial charge in [0.2, 0.25) is 0 Å². The van der Waals surface area contributed by atoms with Crippen molar-refractivity contribution in [2.24, 2.45) is 0 Å². The summed E-state index contributed by atoms with van der Waals surface area (Å²) in [5.74, 6) is 1.34. The van der Waals surface area contributed by atoms with Gasteiger partial charge in [-0.15, -0.1) is 0 Å². The predicted octanol–water partition coefficient (Wildman–Crippen LogP) is 2.14. The second-order valence-electron chi connectivity index (χ2n) is 4.49. The van der Waals surface area contributed by atoms with Crippen molar-refractivity contribution in [3.05, 3.63) is 50.9 Å². The minimum absolute atomic E-state index is 0.0661. The first-order valence-corrected chi connectivity index (χ1v) is 6.50. The summed E-state index contributed by atoms with van der Waals surface area (Å²) in [6.07, 6.45) is 3.52. The molecule has 1 heterocycles. The minimum atomic E-state index is -0.487. The molecule has 1 aromatic heterocycles. The van der Waals surface area contributed by atoms with Gasteiger partial charge in [0.15, 0.2) is 0 Å². The Hall–Kier alpha value is -3.07. The number of hydrogen-bond donors (Lipinski definition) is 1. The Labute approximate surface area is 127 Å². The van der Waals surface area contributed by atoms with Crippen LogP contribution in [0.2, 0.25) is 0 Å². The fourth-order valence-electron chi connectivity index (χ4n) is 1.97. The molecule has 1 aromatic carbocycles. The third kappa shape index (κ3) is 2.99. The molecule has 2 aromatic rings. The largest absolute Gasteiger partial charge is 0.497 e. The van der Waals surface area contributed by atoms with Crippen molar-refractivity contribution >= 4 is 12.2 Å². The van der Waals surface area contributed by atoms with Crippen LogP contribution < -0.4 is 15.0 Å². The quantitative estimate of drug-likeness (QED) is 0.934. The zero-order valence-electron chi connectivity index (χ0n) is 12.5. The molecule has 0 unspecified atom stereocenters. The molecule has 0 aliphatic carbocycles. The average Bonchev–Trinajstić information content (AvgIpc) is 2.54. The van der Waals surface area contributed by atoms with E-state index < -0.39 is 5.56 Å². The molecule has 1 N–H and O–H groups in total. The van der Waals surface area contributed by atoms with Crippen molar-refractivity contribution in [2.45, 2.75) is 6.92 Å². The van der Waals surface area contributed by atoms with Crippen LogP contribution in [0.5, 0.6) is 11.5 Å². The number of methoxy groups -OCH3 is 2. The molecular weight excluding hydrogens is 282 g/mol. The number of aromatic amines is 1. The summed E-state index contributed by atoms with van der Waals surface area (Å²) < 4.78 is 10.5. The number of benzene rings is 1. The van der Waals surface area contributed by atoms with Crippen LogP contribution in [0.4, 0.5) is 0 Å². The standard InChI is InChI=1S/C16H15N3O3/c1-10-13(9-17)16(20)19-18-14(10)7-5-11-4-6-12(21-2)8-15(11)22-3/h4-8H,1-3H3,(H,19,20)/b7-5+. The van der Waals surface area contributed by atoms with E-state index in [1.165, 1.54) is 0 Å². The maximum atomic E-state index is 11.5. The predicted molar refractivity (Wildman–Crippen MR) is 82.8 cm³/mol. The molecule has 0 fully saturated rings. The molecule has 6 heteroatoms. The first-order chi connectivity index (χ1) is 10.6. The summed E-state index contributed by atoms with van der Waals surface area (Å²) in [6.45, 7) is 1.69. The number of nitrogens with zero attached hydrogens (tertiary/aromatic N) is 2. The van der Waals surface area contributed by atoms with Crippen molar-refractivity contribution < 1.29 is 9.47 Å². The van der Waals surface area contributed by atoms with E-state index in [4.69, 9.17) is 14.7 Å². The Morgan fingerprint density at radius 1 is 1.27 bits per heavy atom. The van der Waals surface area contributed by atoms with Gasteiger partial charge >= 0.3 is 0 Å². The van der Waals surface area contributed by atoms with Gasteiger partial charge in [-0.25, -0.2) is 5.10 Å². The number of hydrogen-bond acceptors (Lipinski definition) is 5. The zero-order valence-corrected chi connectivity index (χ0v) is 12.5. The van der Waals surface area contributed by atoms with Gasteiger partial charge in [-0.05, 0) is 36.8 Å². The van der Waals surface area contributed by atoms with Gasteiger partial charge < -0.3 is 9.47 Å². The fourth-order valence-corrected chi connectivity index (χ4v) is 1.97. The van der Waals surface area contributed by atoms with Crippen molar-refractivity contribution in [3.8, 4) is 17.6 Å². The lowest BCUT2D eigenvalue weighted by molar-refractivity contribution is 0.394. The fraction of sp³-hybridized carbons (Fsp3) is 0.188. The smallest absolute Gasteiger partial charge is 0.282 e. The number of rotatable bonds is 4. The highest BCUT2D eigenvalue weighted by Crippen LogP contribution is 2.26. The van der Waals surface area contributed by atoms with Gasteiger partial charge in [0.1, 0.15) is 23.1 Å². The molecule has 112 valence electrons. The summed E-state index contributed by atoms with van der Waals surface area (Å²) >= 11 is 0. The van der Waals surface area contributed by atoms with Gasteiger partial charge in [-0.3, -0.25) is 4.79 Å². The molecular formula is C16H15N3O3. The van der Waals surface area contributed by atoms with E-state index in [-0.39, 0.29) is 5.56 Å². The molecule has 0 saturated carbocycles. The van der Waals surface area contributed by atoms with Crippen LogP contribution in [0, 0.1) is 18.3 Å². The highest BCUT2D eigenvalue weighted by Gasteiger charge is 2.08. The van der Waals surface area contributed by atoms with Gasteiger partial charge in [-0.1, -0.05) is 0 Å². The summed E-state index contributed by atoms with van der Waals surface area (Å²) in [5, 5.41) is 15.3. The monoisotopic (exact) mass is 297 g/mol. The molecule has 0 saturated heterocycles. The van der Waals surface area contributed by atoms with Gasteiger partial charge in [-0.2, -0.15) is 10.4 Å². The Morgan fingerprint density at radius 2 is 2.05 bits per heavy atom. The molecule has 22 heavy (non-hydrogen) atoms. The zero-order chi connectivity index (χ0) is 16.1. The third-order valence-corrected chi connectivity index (χ3v) is 3.24. The van der Waals surface area contributed by atoms with Crippen molar-refractivity contribution in [1.82, 2.24) is 10.2 Å². The van der Waals surface area contributed by atoms with Gasteiger partial charge in [0.25, 0.3) is 5.56 Å². The Morgan fingerprint density at radius 3 is 2.68 bits per heavy atom. The van der Waals surface area contributed by atoms with Crippen LogP contribution in [0.1, 0.15) is 22.4 Å². The summed E-state index contributed by atoms with van der Waals surface area (Å²) in [7, 11) is 3.16. The average molecular weight is 297 g/mol. The van der Waals surface area contributed by atoms with Crippen LogP contribution in [-0.2, 0) is 0 Å². The molecule has 6 nitrogen and oxygen atoms in total. The van der Waals surface area contributed by atoms with Crippen LogP contribution >= 0.6 is 0 Å². The lowest BCUT2D eigenvalue weighted by Gasteiger charge is -2.07.